The van der Waals surface area contributed by atoms with Crippen molar-refractivity contribution in [3.8, 4) is 0 Å². The zero-order chi connectivity index (χ0) is 15.4. The Morgan fingerprint density at radius 3 is 2.62 bits per heavy atom. The number of piperidine rings is 1. The average Bonchev–Trinajstić information content (AvgIpc) is 2.87. The molecular weight excluding hydrogens is 294 g/mol. The van der Waals surface area contributed by atoms with Crippen LogP contribution in [0.4, 0.5) is 5.00 Å². The molecule has 4 N–H and O–H groups in total. The van der Waals surface area contributed by atoms with Gasteiger partial charge in [-0.2, -0.15) is 0 Å². The van der Waals surface area contributed by atoms with Gasteiger partial charge in [-0.15, -0.1) is 11.3 Å². The van der Waals surface area contributed by atoms with Crippen LogP contribution in [-0.2, 0) is 9.59 Å². The van der Waals surface area contributed by atoms with Crippen molar-refractivity contribution >= 4 is 34.1 Å². The van der Waals surface area contributed by atoms with Crippen LogP contribution in [0.2, 0.25) is 0 Å². The van der Waals surface area contributed by atoms with Crippen LogP contribution in [0.5, 0.6) is 0 Å². The van der Waals surface area contributed by atoms with E-state index >= 15 is 0 Å². The molecule has 8 heteroatoms. The molecule has 1 saturated heterocycles. The number of carboxylic acid groups (broad SMARTS) is 1. The highest BCUT2D eigenvalue weighted by Crippen LogP contribution is 2.23. The van der Waals surface area contributed by atoms with Gasteiger partial charge in [-0.1, -0.05) is 0 Å². The van der Waals surface area contributed by atoms with Crippen molar-refractivity contribution in [2.45, 2.75) is 12.8 Å². The third kappa shape index (κ3) is 4.02. The molecule has 0 aliphatic carbocycles. The fourth-order valence-electron chi connectivity index (χ4n) is 2.31. The molecule has 114 valence electrons. The molecule has 21 heavy (non-hydrogen) atoms. The van der Waals surface area contributed by atoms with Crippen LogP contribution in [-0.4, -0.2) is 47.4 Å². The van der Waals surface area contributed by atoms with E-state index in [9.17, 15) is 14.4 Å². The first-order valence-electron chi connectivity index (χ1n) is 6.59. The number of nitrogens with zero attached hydrogens (tertiary/aromatic N) is 1. The number of carbonyl (C=O) groups is 3. The van der Waals surface area contributed by atoms with E-state index in [2.05, 4.69) is 5.32 Å². The van der Waals surface area contributed by atoms with Crippen molar-refractivity contribution in [1.82, 2.24) is 4.90 Å². The number of primary amides is 1. The largest absolute Gasteiger partial charge is 0.481 e. The number of nitrogens with two attached hydrogens (primary N) is 1. The zero-order valence-electron chi connectivity index (χ0n) is 11.4. The van der Waals surface area contributed by atoms with Crippen LogP contribution in [0.25, 0.3) is 0 Å². The van der Waals surface area contributed by atoms with Gasteiger partial charge in [-0.05, 0) is 37.4 Å². The maximum Gasteiger partial charge on any atom is 0.306 e. The molecule has 0 spiro atoms. The minimum absolute atomic E-state index is 0.183. The van der Waals surface area contributed by atoms with E-state index in [4.69, 9.17) is 10.8 Å². The molecule has 1 aromatic heterocycles. The predicted molar refractivity (Wildman–Crippen MR) is 78.3 cm³/mol. The first kappa shape index (κ1) is 15.5. The van der Waals surface area contributed by atoms with E-state index in [1.54, 1.807) is 11.4 Å². The fourth-order valence-corrected chi connectivity index (χ4v) is 3.12. The summed E-state index contributed by atoms with van der Waals surface area (Å²) in [6.45, 7) is 1.34. The summed E-state index contributed by atoms with van der Waals surface area (Å²) in [7, 11) is 0. The third-order valence-corrected chi connectivity index (χ3v) is 4.32. The summed E-state index contributed by atoms with van der Waals surface area (Å²) in [4.78, 5) is 35.9. The highest BCUT2D eigenvalue weighted by molar-refractivity contribution is 7.14. The Labute approximate surface area is 125 Å². The number of carboxylic acids is 1. The second-order valence-corrected chi connectivity index (χ2v) is 5.88. The van der Waals surface area contributed by atoms with E-state index < -0.39 is 11.9 Å². The molecule has 1 aromatic rings. The van der Waals surface area contributed by atoms with E-state index in [0.717, 1.165) is 0 Å². The minimum atomic E-state index is -0.774. The van der Waals surface area contributed by atoms with Gasteiger partial charge in [-0.3, -0.25) is 19.3 Å². The SMILES string of the molecule is NC(=O)c1ccsc1NC(=O)CN1CCC(C(=O)O)CC1. The minimum Gasteiger partial charge on any atom is -0.481 e. The number of nitrogens with one attached hydrogen (secondary N) is 1. The van der Waals surface area contributed by atoms with Crippen LogP contribution in [0.3, 0.4) is 0 Å². The van der Waals surface area contributed by atoms with Gasteiger partial charge in [0.25, 0.3) is 5.91 Å². The number of amides is 2. The van der Waals surface area contributed by atoms with Gasteiger partial charge >= 0.3 is 5.97 Å². The third-order valence-electron chi connectivity index (χ3n) is 3.49. The lowest BCUT2D eigenvalue weighted by Gasteiger charge is -2.29. The monoisotopic (exact) mass is 311 g/mol. The molecule has 0 aromatic carbocycles. The zero-order valence-corrected chi connectivity index (χ0v) is 12.2. The molecule has 0 saturated carbocycles. The quantitative estimate of drug-likeness (QED) is 0.736. The van der Waals surface area contributed by atoms with Crippen molar-refractivity contribution in [2.75, 3.05) is 25.0 Å². The van der Waals surface area contributed by atoms with Gasteiger partial charge in [0.15, 0.2) is 0 Å². The van der Waals surface area contributed by atoms with Gasteiger partial charge < -0.3 is 16.2 Å². The molecule has 1 aliphatic heterocycles. The number of hydrogen-bond donors (Lipinski definition) is 3. The Balaban J connectivity index is 1.84. The Bertz CT molecular complexity index is 549. The highest BCUT2D eigenvalue weighted by atomic mass is 32.1. The Morgan fingerprint density at radius 1 is 1.38 bits per heavy atom. The molecule has 0 bridgehead atoms. The van der Waals surface area contributed by atoms with E-state index in [1.165, 1.54) is 11.3 Å². The Hall–Kier alpha value is -1.93. The second-order valence-electron chi connectivity index (χ2n) is 4.96. The van der Waals surface area contributed by atoms with Gasteiger partial charge in [0.2, 0.25) is 5.91 Å². The summed E-state index contributed by atoms with van der Waals surface area (Å²) >= 11 is 1.24. The van der Waals surface area contributed by atoms with Crippen molar-refractivity contribution in [3.63, 3.8) is 0 Å². The fraction of sp³-hybridized carbons (Fsp3) is 0.462. The number of anilines is 1. The standard InChI is InChI=1S/C13H17N3O4S/c14-11(18)9-3-6-21-12(9)15-10(17)7-16-4-1-8(2-5-16)13(19)20/h3,6,8H,1-2,4-5,7H2,(H2,14,18)(H,15,17)(H,19,20). The van der Waals surface area contributed by atoms with Crippen molar-refractivity contribution < 1.29 is 19.5 Å². The molecule has 2 rings (SSSR count). The maximum atomic E-state index is 12.0. The number of hydrogen-bond acceptors (Lipinski definition) is 5. The van der Waals surface area contributed by atoms with Crippen LogP contribution < -0.4 is 11.1 Å². The van der Waals surface area contributed by atoms with Crippen LogP contribution in [0.1, 0.15) is 23.2 Å². The molecular formula is C13H17N3O4S. The highest BCUT2D eigenvalue weighted by Gasteiger charge is 2.25. The molecule has 0 radical (unpaired) electrons. The van der Waals surface area contributed by atoms with Gasteiger partial charge in [0.05, 0.1) is 18.0 Å². The van der Waals surface area contributed by atoms with E-state index in [1.807, 2.05) is 4.90 Å². The van der Waals surface area contributed by atoms with Crippen LogP contribution in [0, 0.1) is 5.92 Å². The average molecular weight is 311 g/mol. The summed E-state index contributed by atoms with van der Waals surface area (Å²) in [6.07, 6.45) is 1.10. The second kappa shape index (κ2) is 6.68. The number of rotatable bonds is 5. The summed E-state index contributed by atoms with van der Waals surface area (Å²) in [6, 6.07) is 1.57. The van der Waals surface area contributed by atoms with Crippen molar-refractivity contribution in [2.24, 2.45) is 11.7 Å². The summed E-state index contributed by atoms with van der Waals surface area (Å²) in [5, 5.41) is 13.7. The van der Waals surface area contributed by atoms with E-state index in [-0.39, 0.29) is 18.4 Å². The molecule has 0 unspecified atom stereocenters. The molecule has 2 amide bonds. The number of carbonyl (C=O) groups excluding carboxylic acids is 2. The normalized spacial score (nSPS) is 16.6. The Kier molecular flexibility index (Phi) is 4.92. The van der Waals surface area contributed by atoms with Gasteiger partial charge in [0.1, 0.15) is 5.00 Å². The van der Waals surface area contributed by atoms with Crippen LogP contribution >= 0.6 is 11.3 Å². The number of aliphatic carboxylic acids is 1. The predicted octanol–water partition coefficient (Wildman–Crippen LogP) is 0.582. The smallest absolute Gasteiger partial charge is 0.306 e. The summed E-state index contributed by atoms with van der Waals surface area (Å²) in [5.41, 5.74) is 5.52. The molecule has 7 nitrogen and oxygen atoms in total. The van der Waals surface area contributed by atoms with Gasteiger partial charge in [0, 0.05) is 0 Å². The molecule has 2 heterocycles. The van der Waals surface area contributed by atoms with Crippen molar-refractivity contribution in [3.05, 3.63) is 17.0 Å². The number of likely N-dealkylation sites (tertiary alicyclic amines) is 1. The maximum absolute atomic E-state index is 12.0. The Morgan fingerprint density at radius 2 is 2.05 bits per heavy atom. The van der Waals surface area contributed by atoms with Crippen LogP contribution in [0.15, 0.2) is 11.4 Å². The molecule has 0 atom stereocenters. The first-order valence-corrected chi connectivity index (χ1v) is 7.47. The topological polar surface area (TPSA) is 113 Å². The van der Waals surface area contributed by atoms with Crippen molar-refractivity contribution in [1.29, 1.82) is 0 Å². The lowest BCUT2D eigenvalue weighted by Crippen LogP contribution is -2.40. The first-order chi connectivity index (χ1) is 9.97. The molecule has 1 fully saturated rings. The lowest BCUT2D eigenvalue weighted by atomic mass is 9.97. The molecule has 1 aliphatic rings. The lowest BCUT2D eigenvalue weighted by molar-refractivity contribution is -0.143. The number of thiophene rings is 1. The summed E-state index contributed by atoms with van der Waals surface area (Å²) in [5.74, 6) is -1.89. The van der Waals surface area contributed by atoms with Gasteiger partial charge in [-0.25, -0.2) is 0 Å². The van der Waals surface area contributed by atoms with E-state index in [0.29, 0.717) is 36.5 Å². The summed E-state index contributed by atoms with van der Waals surface area (Å²) < 4.78 is 0.